The van der Waals surface area contributed by atoms with Gasteiger partial charge in [0.2, 0.25) is 0 Å². The number of rotatable bonds is 3. The van der Waals surface area contributed by atoms with Gasteiger partial charge >= 0.3 is 0 Å². The molecule has 0 radical (unpaired) electrons. The fourth-order valence-corrected chi connectivity index (χ4v) is 1.58. The molecule has 0 aromatic carbocycles. The summed E-state index contributed by atoms with van der Waals surface area (Å²) in [6, 6.07) is 1.06. The Labute approximate surface area is 80.3 Å². The zero-order valence-corrected chi connectivity index (χ0v) is 8.95. The van der Waals surface area contributed by atoms with E-state index in [1.165, 1.54) is 4.86 Å². The number of nitrogens with zero attached hydrogens (tertiary/aromatic N) is 1. The summed E-state index contributed by atoms with van der Waals surface area (Å²) in [5.74, 6) is 0. The van der Waals surface area contributed by atoms with Crippen molar-refractivity contribution in [3.63, 3.8) is 0 Å². The summed E-state index contributed by atoms with van der Waals surface area (Å²) in [5, 5.41) is 3.41. The fourth-order valence-electron chi connectivity index (χ4n) is 1.32. The first-order valence-electron chi connectivity index (χ1n) is 4.57. The molecule has 1 aliphatic rings. The summed E-state index contributed by atoms with van der Waals surface area (Å²) >= 11 is 5.26. The van der Waals surface area contributed by atoms with Crippen LogP contribution in [-0.4, -0.2) is 42.0 Å². The maximum Gasteiger partial charge on any atom is 0.0513 e. The first-order chi connectivity index (χ1) is 5.61. The molecule has 0 aromatic rings. The Kier molecular flexibility index (Phi) is 3.62. The van der Waals surface area contributed by atoms with Crippen LogP contribution in [0, 0.1) is 0 Å². The van der Waals surface area contributed by atoms with E-state index in [1.807, 2.05) is 0 Å². The molecule has 0 saturated carbocycles. The molecule has 70 valence electrons. The largest absolute Gasteiger partial charge is 0.308 e. The smallest absolute Gasteiger partial charge is 0.0513 e. The third-order valence-corrected chi connectivity index (χ3v) is 2.99. The van der Waals surface area contributed by atoms with Gasteiger partial charge in [-0.25, -0.2) is 0 Å². The van der Waals surface area contributed by atoms with Gasteiger partial charge in [-0.1, -0.05) is 12.2 Å². The molecule has 1 saturated heterocycles. The van der Waals surface area contributed by atoms with Crippen molar-refractivity contribution in [1.82, 2.24) is 10.2 Å². The van der Waals surface area contributed by atoms with Crippen LogP contribution in [0.15, 0.2) is 0 Å². The van der Waals surface area contributed by atoms with Crippen molar-refractivity contribution in [2.75, 3.05) is 20.1 Å². The molecule has 2 nitrogen and oxygen atoms in total. The standard InChI is InChI=1S/C9H18N2S/c1-7(2)11(3)6-8-9(12)4-5-10-8/h7-8,10H,4-6H2,1-3H3. The molecule has 0 aliphatic carbocycles. The number of thiocarbonyl (C=S) groups is 1. The van der Waals surface area contributed by atoms with Crippen molar-refractivity contribution in [2.45, 2.75) is 32.4 Å². The SMILES string of the molecule is CC(C)N(C)CC1NCCC1=S. The molecule has 1 atom stereocenters. The summed E-state index contributed by atoms with van der Waals surface area (Å²) in [7, 11) is 2.15. The van der Waals surface area contributed by atoms with Crippen LogP contribution in [-0.2, 0) is 0 Å². The monoisotopic (exact) mass is 186 g/mol. The minimum absolute atomic E-state index is 0.451. The Morgan fingerprint density at radius 1 is 1.67 bits per heavy atom. The Balaban J connectivity index is 2.35. The third-order valence-electron chi connectivity index (χ3n) is 2.50. The summed E-state index contributed by atoms with van der Waals surface area (Å²) in [5.41, 5.74) is 0. The molecule has 1 fully saturated rings. The van der Waals surface area contributed by atoms with Gasteiger partial charge in [-0.3, -0.25) is 0 Å². The normalized spacial score (nSPS) is 24.4. The first-order valence-corrected chi connectivity index (χ1v) is 4.98. The van der Waals surface area contributed by atoms with Gasteiger partial charge in [-0.15, -0.1) is 0 Å². The van der Waals surface area contributed by atoms with E-state index in [-0.39, 0.29) is 0 Å². The molecular weight excluding hydrogens is 168 g/mol. The summed E-state index contributed by atoms with van der Waals surface area (Å²) < 4.78 is 0. The van der Waals surface area contributed by atoms with Crippen molar-refractivity contribution in [1.29, 1.82) is 0 Å². The lowest BCUT2D eigenvalue weighted by Crippen LogP contribution is -2.41. The maximum absolute atomic E-state index is 5.26. The lowest BCUT2D eigenvalue weighted by Gasteiger charge is -2.24. The van der Waals surface area contributed by atoms with Gasteiger partial charge in [-0.05, 0) is 27.3 Å². The third kappa shape index (κ3) is 2.51. The fraction of sp³-hybridized carbons (Fsp3) is 0.889. The molecule has 0 spiro atoms. The van der Waals surface area contributed by atoms with Crippen LogP contribution in [0.1, 0.15) is 20.3 Å². The number of likely N-dealkylation sites (N-methyl/N-ethyl adjacent to an activating group) is 1. The zero-order chi connectivity index (χ0) is 9.14. The average molecular weight is 186 g/mol. The lowest BCUT2D eigenvalue weighted by atomic mass is 10.2. The van der Waals surface area contributed by atoms with Crippen molar-refractivity contribution >= 4 is 17.1 Å². The van der Waals surface area contributed by atoms with Crippen LogP contribution in [0.25, 0.3) is 0 Å². The molecular formula is C9H18N2S. The molecule has 1 rings (SSSR count). The number of nitrogens with one attached hydrogen (secondary N) is 1. The molecule has 1 N–H and O–H groups in total. The Morgan fingerprint density at radius 2 is 2.33 bits per heavy atom. The summed E-state index contributed by atoms with van der Waals surface area (Å²) in [4.78, 5) is 3.53. The molecule has 0 aromatic heterocycles. The Morgan fingerprint density at radius 3 is 2.75 bits per heavy atom. The van der Waals surface area contributed by atoms with Gasteiger partial charge in [0.1, 0.15) is 0 Å². The van der Waals surface area contributed by atoms with Crippen LogP contribution >= 0.6 is 12.2 Å². The average Bonchev–Trinajstić information content (AvgIpc) is 2.36. The minimum Gasteiger partial charge on any atom is -0.308 e. The van der Waals surface area contributed by atoms with Crippen molar-refractivity contribution in [2.24, 2.45) is 0 Å². The zero-order valence-electron chi connectivity index (χ0n) is 8.13. The molecule has 1 heterocycles. The highest BCUT2D eigenvalue weighted by atomic mass is 32.1. The first kappa shape index (κ1) is 10.1. The molecule has 3 heteroatoms. The van der Waals surface area contributed by atoms with Crippen LogP contribution in [0.5, 0.6) is 0 Å². The van der Waals surface area contributed by atoms with Gasteiger partial charge in [0.05, 0.1) is 6.04 Å². The van der Waals surface area contributed by atoms with Gasteiger partial charge < -0.3 is 10.2 Å². The summed E-state index contributed by atoms with van der Waals surface area (Å²) in [6.45, 7) is 6.53. The second-order valence-electron chi connectivity index (χ2n) is 3.76. The predicted molar refractivity (Wildman–Crippen MR) is 56.8 cm³/mol. The van der Waals surface area contributed by atoms with Gasteiger partial charge in [0, 0.05) is 24.0 Å². The van der Waals surface area contributed by atoms with E-state index in [0.717, 1.165) is 19.5 Å². The topological polar surface area (TPSA) is 15.3 Å². The van der Waals surface area contributed by atoms with E-state index < -0.39 is 0 Å². The van der Waals surface area contributed by atoms with E-state index in [2.05, 4.69) is 31.1 Å². The van der Waals surface area contributed by atoms with Crippen molar-refractivity contribution < 1.29 is 0 Å². The second kappa shape index (κ2) is 4.30. The molecule has 0 bridgehead atoms. The quantitative estimate of drug-likeness (QED) is 0.664. The highest BCUT2D eigenvalue weighted by Gasteiger charge is 2.21. The van der Waals surface area contributed by atoms with Gasteiger partial charge in [0.15, 0.2) is 0 Å². The second-order valence-corrected chi connectivity index (χ2v) is 4.28. The van der Waals surface area contributed by atoms with E-state index in [4.69, 9.17) is 12.2 Å². The van der Waals surface area contributed by atoms with Gasteiger partial charge in [-0.2, -0.15) is 0 Å². The van der Waals surface area contributed by atoms with Crippen molar-refractivity contribution in [3.8, 4) is 0 Å². The number of hydrogen-bond acceptors (Lipinski definition) is 3. The van der Waals surface area contributed by atoms with Gasteiger partial charge in [0.25, 0.3) is 0 Å². The highest BCUT2D eigenvalue weighted by Crippen LogP contribution is 2.06. The summed E-state index contributed by atoms with van der Waals surface area (Å²) in [6.07, 6.45) is 1.08. The van der Waals surface area contributed by atoms with Crippen LogP contribution in [0.2, 0.25) is 0 Å². The van der Waals surface area contributed by atoms with Crippen LogP contribution in [0.4, 0.5) is 0 Å². The van der Waals surface area contributed by atoms with E-state index in [9.17, 15) is 0 Å². The molecule has 1 aliphatic heterocycles. The van der Waals surface area contributed by atoms with E-state index >= 15 is 0 Å². The highest BCUT2D eigenvalue weighted by molar-refractivity contribution is 7.80. The molecule has 1 unspecified atom stereocenters. The Hall–Kier alpha value is 0.01000. The maximum atomic E-state index is 5.26. The molecule has 0 amide bonds. The predicted octanol–water partition coefficient (Wildman–Crippen LogP) is 1.06. The Bertz CT molecular complexity index is 168. The molecule has 12 heavy (non-hydrogen) atoms. The lowest BCUT2D eigenvalue weighted by molar-refractivity contribution is 0.265. The van der Waals surface area contributed by atoms with Crippen LogP contribution < -0.4 is 5.32 Å². The van der Waals surface area contributed by atoms with E-state index in [1.54, 1.807) is 0 Å². The minimum atomic E-state index is 0.451. The van der Waals surface area contributed by atoms with Crippen LogP contribution in [0.3, 0.4) is 0 Å². The number of hydrogen-bond donors (Lipinski definition) is 1. The van der Waals surface area contributed by atoms with Crippen molar-refractivity contribution in [3.05, 3.63) is 0 Å². The van der Waals surface area contributed by atoms with E-state index in [0.29, 0.717) is 12.1 Å².